The summed E-state index contributed by atoms with van der Waals surface area (Å²) >= 11 is 0. The minimum absolute atomic E-state index is 0.213. The topological polar surface area (TPSA) is 96.6 Å². The van der Waals surface area contributed by atoms with E-state index < -0.39 is 0 Å². The Labute approximate surface area is 220 Å². The molecule has 0 bridgehead atoms. The van der Waals surface area contributed by atoms with E-state index in [1.54, 1.807) is 29.0 Å². The van der Waals surface area contributed by atoms with Gasteiger partial charge in [0.05, 0.1) is 28.8 Å². The quantitative estimate of drug-likeness (QED) is 0.198. The number of unbranched alkanes of at least 4 members (excludes halogenated alkanes) is 1. The number of aromatic nitrogens is 4. The van der Waals surface area contributed by atoms with E-state index in [1.807, 2.05) is 67.7 Å². The first-order valence-corrected chi connectivity index (χ1v) is 12.6. The van der Waals surface area contributed by atoms with Crippen molar-refractivity contribution in [2.24, 2.45) is 0 Å². The van der Waals surface area contributed by atoms with Gasteiger partial charge < -0.3 is 9.72 Å². The first-order valence-electron chi connectivity index (χ1n) is 12.6. The molecule has 7 nitrogen and oxygen atoms in total. The average molecular weight is 502 g/mol. The minimum Gasteiger partial charge on any atom is -0.493 e. The van der Waals surface area contributed by atoms with Gasteiger partial charge in [-0.1, -0.05) is 43.7 Å². The van der Waals surface area contributed by atoms with Crippen molar-refractivity contribution in [3.8, 4) is 28.8 Å². The SMILES string of the molecule is CCCCOc1ccc(-c2nn(-c3ccccc3)cc2/C=C(\C#N)c2nc3ccccc3c(=O)[nH]2)cc1C. The van der Waals surface area contributed by atoms with Gasteiger partial charge in [0.1, 0.15) is 17.5 Å². The van der Waals surface area contributed by atoms with Gasteiger partial charge in [-0.2, -0.15) is 10.4 Å². The Hall–Kier alpha value is -4.96. The van der Waals surface area contributed by atoms with E-state index in [2.05, 4.69) is 23.0 Å². The van der Waals surface area contributed by atoms with Gasteiger partial charge in [-0.15, -0.1) is 0 Å². The number of ether oxygens (including phenoxy) is 1. The number of para-hydroxylation sites is 2. The van der Waals surface area contributed by atoms with Gasteiger partial charge in [0.2, 0.25) is 0 Å². The highest BCUT2D eigenvalue weighted by molar-refractivity contribution is 5.91. The molecule has 0 saturated carbocycles. The number of nitriles is 1. The fraction of sp³-hybridized carbons (Fsp3) is 0.161. The molecule has 0 fully saturated rings. The number of nitrogens with one attached hydrogen (secondary N) is 1. The number of H-pyrrole nitrogens is 1. The van der Waals surface area contributed by atoms with Crippen LogP contribution < -0.4 is 10.3 Å². The number of nitrogens with zero attached hydrogens (tertiary/aromatic N) is 4. The van der Waals surface area contributed by atoms with E-state index in [1.165, 1.54) is 0 Å². The van der Waals surface area contributed by atoms with Gasteiger partial charge >= 0.3 is 0 Å². The molecule has 3 aromatic carbocycles. The third-order valence-electron chi connectivity index (χ3n) is 6.26. The molecule has 1 N–H and O–H groups in total. The van der Waals surface area contributed by atoms with Crippen LogP contribution in [0, 0.1) is 18.3 Å². The molecule has 0 aliphatic heterocycles. The van der Waals surface area contributed by atoms with Crippen molar-refractivity contribution < 1.29 is 4.74 Å². The molecule has 0 aliphatic carbocycles. The lowest BCUT2D eigenvalue weighted by Crippen LogP contribution is -2.11. The van der Waals surface area contributed by atoms with Crippen LogP contribution in [0.2, 0.25) is 0 Å². The summed E-state index contributed by atoms with van der Waals surface area (Å²) < 4.78 is 7.72. The van der Waals surface area contributed by atoms with E-state index in [4.69, 9.17) is 9.84 Å². The molecule has 0 aliphatic rings. The van der Waals surface area contributed by atoms with Crippen LogP contribution >= 0.6 is 0 Å². The van der Waals surface area contributed by atoms with Crippen molar-refractivity contribution in [1.82, 2.24) is 19.7 Å². The molecule has 5 rings (SSSR count). The third kappa shape index (κ3) is 5.11. The summed E-state index contributed by atoms with van der Waals surface area (Å²) in [6, 6.07) is 25.0. The smallest absolute Gasteiger partial charge is 0.259 e. The van der Waals surface area contributed by atoms with E-state index >= 15 is 0 Å². The van der Waals surface area contributed by atoms with E-state index in [9.17, 15) is 10.1 Å². The number of hydrogen-bond donors (Lipinski definition) is 1. The van der Waals surface area contributed by atoms with Crippen LogP contribution in [0.5, 0.6) is 5.75 Å². The maximum atomic E-state index is 12.7. The summed E-state index contributed by atoms with van der Waals surface area (Å²) in [5, 5.41) is 15.4. The standard InChI is InChI=1S/C31H27N5O2/c1-3-4-16-38-28-15-14-22(17-21(28)2)29-24(20-36(35-29)25-10-6-5-7-11-25)18-23(19-32)30-33-27-13-9-8-12-26(27)31(37)34-30/h5-15,17-18,20H,3-4,16H2,1-2H3,(H,33,34,37)/b23-18+. The van der Waals surface area contributed by atoms with Crippen LogP contribution in [-0.4, -0.2) is 26.4 Å². The van der Waals surface area contributed by atoms with Gasteiger partial charge in [-0.3, -0.25) is 4.79 Å². The molecule has 0 unspecified atom stereocenters. The second-order valence-electron chi connectivity index (χ2n) is 9.00. The maximum Gasteiger partial charge on any atom is 0.259 e. The van der Waals surface area contributed by atoms with Crippen LogP contribution in [0.25, 0.3) is 39.5 Å². The molecular weight excluding hydrogens is 474 g/mol. The number of aryl methyl sites for hydroxylation is 1. The molecule has 5 aromatic rings. The molecule has 0 radical (unpaired) electrons. The fourth-order valence-electron chi connectivity index (χ4n) is 4.24. The molecular formula is C31H27N5O2. The number of benzene rings is 3. The molecule has 188 valence electrons. The van der Waals surface area contributed by atoms with Crippen molar-refractivity contribution in [3.63, 3.8) is 0 Å². The number of rotatable bonds is 8. The van der Waals surface area contributed by atoms with E-state index in [0.29, 0.717) is 23.2 Å². The Balaban J connectivity index is 1.62. The summed E-state index contributed by atoms with van der Waals surface area (Å²) in [6.45, 7) is 4.82. The number of allylic oxidation sites excluding steroid dienone is 1. The Kier molecular flexibility index (Phi) is 7.14. The highest BCUT2D eigenvalue weighted by atomic mass is 16.5. The van der Waals surface area contributed by atoms with Crippen molar-refractivity contribution in [1.29, 1.82) is 5.26 Å². The Morgan fingerprint density at radius 1 is 1.11 bits per heavy atom. The van der Waals surface area contributed by atoms with Gasteiger partial charge in [0, 0.05) is 17.3 Å². The number of fused-ring (bicyclic) bond motifs is 1. The van der Waals surface area contributed by atoms with Crippen molar-refractivity contribution in [3.05, 3.63) is 106 Å². The molecule has 0 spiro atoms. The number of hydrogen-bond acceptors (Lipinski definition) is 5. The van der Waals surface area contributed by atoms with Crippen LogP contribution in [0.4, 0.5) is 0 Å². The van der Waals surface area contributed by atoms with Crippen LogP contribution in [0.3, 0.4) is 0 Å². The molecule has 2 aromatic heterocycles. The lowest BCUT2D eigenvalue weighted by Gasteiger charge is -2.10. The van der Waals surface area contributed by atoms with Crippen molar-refractivity contribution in [2.75, 3.05) is 6.61 Å². The van der Waals surface area contributed by atoms with Gasteiger partial charge in [0.25, 0.3) is 5.56 Å². The summed E-state index contributed by atoms with van der Waals surface area (Å²) in [7, 11) is 0. The second kappa shape index (κ2) is 11.0. The maximum absolute atomic E-state index is 12.7. The predicted octanol–water partition coefficient (Wildman–Crippen LogP) is 6.33. The van der Waals surface area contributed by atoms with Gasteiger partial charge in [-0.05, 0) is 67.4 Å². The first-order chi connectivity index (χ1) is 18.6. The zero-order valence-electron chi connectivity index (χ0n) is 21.3. The first kappa shape index (κ1) is 24.7. The molecule has 0 saturated heterocycles. The Morgan fingerprint density at radius 3 is 2.66 bits per heavy atom. The Morgan fingerprint density at radius 2 is 1.89 bits per heavy atom. The summed E-state index contributed by atoms with van der Waals surface area (Å²) in [4.78, 5) is 20.0. The monoisotopic (exact) mass is 501 g/mol. The third-order valence-corrected chi connectivity index (χ3v) is 6.26. The van der Waals surface area contributed by atoms with Crippen LogP contribution in [-0.2, 0) is 0 Å². The van der Waals surface area contributed by atoms with Crippen LogP contribution in [0.1, 0.15) is 36.7 Å². The zero-order chi connectivity index (χ0) is 26.5. The highest BCUT2D eigenvalue weighted by Crippen LogP contribution is 2.30. The minimum atomic E-state index is -0.291. The summed E-state index contributed by atoms with van der Waals surface area (Å²) in [5.41, 5.74) is 4.68. The molecule has 7 heteroatoms. The van der Waals surface area contributed by atoms with Crippen molar-refractivity contribution >= 4 is 22.6 Å². The lowest BCUT2D eigenvalue weighted by atomic mass is 10.0. The fourth-order valence-corrected chi connectivity index (χ4v) is 4.24. The van der Waals surface area contributed by atoms with Gasteiger partial charge in [0.15, 0.2) is 5.82 Å². The second-order valence-corrected chi connectivity index (χ2v) is 9.00. The zero-order valence-corrected chi connectivity index (χ0v) is 21.3. The molecule has 0 amide bonds. The lowest BCUT2D eigenvalue weighted by molar-refractivity contribution is 0.307. The van der Waals surface area contributed by atoms with Crippen molar-refractivity contribution in [2.45, 2.75) is 26.7 Å². The molecule has 2 heterocycles. The highest BCUT2D eigenvalue weighted by Gasteiger charge is 2.15. The largest absolute Gasteiger partial charge is 0.493 e. The number of aromatic amines is 1. The van der Waals surface area contributed by atoms with Crippen LogP contribution in [0.15, 0.2) is 83.8 Å². The molecule has 38 heavy (non-hydrogen) atoms. The summed E-state index contributed by atoms with van der Waals surface area (Å²) in [6.07, 6.45) is 5.67. The predicted molar refractivity (Wildman–Crippen MR) is 150 cm³/mol. The van der Waals surface area contributed by atoms with Gasteiger partial charge in [-0.25, -0.2) is 9.67 Å². The molecule has 0 atom stereocenters. The normalized spacial score (nSPS) is 11.4. The Bertz CT molecular complexity index is 1730. The summed E-state index contributed by atoms with van der Waals surface area (Å²) in [5.74, 6) is 1.06. The van der Waals surface area contributed by atoms with E-state index in [-0.39, 0.29) is 17.0 Å². The van der Waals surface area contributed by atoms with E-state index in [0.717, 1.165) is 41.0 Å². The average Bonchev–Trinajstić information content (AvgIpc) is 3.37.